The van der Waals surface area contributed by atoms with Crippen LogP contribution in [0.4, 0.5) is 0 Å². The van der Waals surface area contributed by atoms with Gasteiger partial charge in [-0.05, 0) is 78.8 Å². The van der Waals surface area contributed by atoms with Gasteiger partial charge in [0.1, 0.15) is 5.54 Å². The Hall–Kier alpha value is -0.610. The van der Waals surface area contributed by atoms with E-state index in [0.717, 1.165) is 38.8 Å². The van der Waals surface area contributed by atoms with Gasteiger partial charge in [0.05, 0.1) is 0 Å². The number of hydrogen-bond acceptors (Lipinski definition) is 3. The molecular weight excluding hydrogens is 264 g/mol. The molecule has 1 saturated heterocycles. The Labute approximate surface area is 129 Å². The van der Waals surface area contributed by atoms with Gasteiger partial charge >= 0.3 is 5.97 Å². The van der Waals surface area contributed by atoms with E-state index in [1.54, 1.807) is 0 Å². The largest absolute Gasteiger partial charge is 0.480 e. The van der Waals surface area contributed by atoms with Crippen molar-refractivity contribution < 1.29 is 9.90 Å². The molecule has 1 aliphatic heterocycles. The number of rotatable bonds is 6. The van der Waals surface area contributed by atoms with Gasteiger partial charge in [-0.2, -0.15) is 0 Å². The first-order valence-electron chi connectivity index (χ1n) is 8.54. The van der Waals surface area contributed by atoms with E-state index in [-0.39, 0.29) is 17.5 Å². The standard InChI is InChI=1S/C17H32N2O2/c1-13(2)18-17(15(20)21)10-5-7-14(17)8-12-19-11-6-9-16(19,3)4/h13-14,18H,5-12H2,1-4H3,(H,20,21). The molecule has 0 radical (unpaired) electrons. The van der Waals surface area contributed by atoms with Crippen molar-refractivity contribution in [2.45, 2.75) is 83.3 Å². The Balaban J connectivity index is 2.02. The molecule has 4 nitrogen and oxygen atoms in total. The van der Waals surface area contributed by atoms with Crippen LogP contribution in [-0.2, 0) is 4.79 Å². The molecule has 122 valence electrons. The maximum absolute atomic E-state index is 11.9. The minimum atomic E-state index is -0.696. The van der Waals surface area contributed by atoms with Gasteiger partial charge in [0.2, 0.25) is 0 Å². The SMILES string of the molecule is CC(C)NC1(C(=O)O)CCCC1CCN1CCCC1(C)C. The highest BCUT2D eigenvalue weighted by Crippen LogP contribution is 2.40. The van der Waals surface area contributed by atoms with E-state index >= 15 is 0 Å². The highest BCUT2D eigenvalue weighted by atomic mass is 16.4. The Morgan fingerprint density at radius 2 is 2.05 bits per heavy atom. The van der Waals surface area contributed by atoms with Crippen molar-refractivity contribution >= 4 is 5.97 Å². The molecule has 1 heterocycles. The van der Waals surface area contributed by atoms with Crippen molar-refractivity contribution in [3.63, 3.8) is 0 Å². The van der Waals surface area contributed by atoms with E-state index in [4.69, 9.17) is 0 Å². The van der Waals surface area contributed by atoms with Crippen LogP contribution < -0.4 is 5.32 Å². The zero-order chi connectivity index (χ0) is 15.7. The van der Waals surface area contributed by atoms with Crippen LogP contribution in [-0.4, -0.2) is 46.2 Å². The van der Waals surface area contributed by atoms with E-state index in [2.05, 4.69) is 24.1 Å². The Kier molecular flexibility index (Phi) is 4.99. The maximum Gasteiger partial charge on any atom is 0.324 e. The van der Waals surface area contributed by atoms with Gasteiger partial charge < -0.3 is 5.11 Å². The second-order valence-corrected chi connectivity index (χ2v) is 7.86. The minimum absolute atomic E-state index is 0.213. The lowest BCUT2D eigenvalue weighted by Gasteiger charge is -2.37. The zero-order valence-corrected chi connectivity index (χ0v) is 14.1. The fourth-order valence-corrected chi connectivity index (χ4v) is 4.41. The summed E-state index contributed by atoms with van der Waals surface area (Å²) in [4.78, 5) is 14.5. The molecule has 0 aromatic heterocycles. The lowest BCUT2D eigenvalue weighted by atomic mass is 9.83. The first kappa shape index (κ1) is 16.8. The summed E-state index contributed by atoms with van der Waals surface area (Å²) in [5.41, 5.74) is -0.409. The Morgan fingerprint density at radius 3 is 2.57 bits per heavy atom. The number of aliphatic carboxylic acids is 1. The molecule has 4 heteroatoms. The molecule has 0 bridgehead atoms. The van der Waals surface area contributed by atoms with Crippen molar-refractivity contribution in [1.29, 1.82) is 0 Å². The van der Waals surface area contributed by atoms with Crippen LogP contribution in [0.15, 0.2) is 0 Å². The smallest absolute Gasteiger partial charge is 0.324 e. The number of carbonyl (C=O) groups is 1. The van der Waals surface area contributed by atoms with Crippen molar-refractivity contribution in [3.8, 4) is 0 Å². The average Bonchev–Trinajstić information content (AvgIpc) is 2.90. The molecule has 1 aliphatic carbocycles. The number of nitrogens with one attached hydrogen (secondary N) is 1. The number of hydrogen-bond donors (Lipinski definition) is 2. The van der Waals surface area contributed by atoms with E-state index in [1.807, 2.05) is 13.8 Å². The first-order chi connectivity index (χ1) is 9.78. The molecule has 2 rings (SSSR count). The van der Waals surface area contributed by atoms with E-state index in [0.29, 0.717) is 0 Å². The van der Waals surface area contributed by atoms with Crippen molar-refractivity contribution in [2.75, 3.05) is 13.1 Å². The second kappa shape index (κ2) is 6.25. The molecule has 0 aromatic rings. The van der Waals surface area contributed by atoms with Gasteiger partial charge in [-0.3, -0.25) is 15.0 Å². The summed E-state index contributed by atoms with van der Waals surface area (Å²) in [7, 11) is 0. The van der Waals surface area contributed by atoms with Gasteiger partial charge in [0, 0.05) is 11.6 Å². The van der Waals surface area contributed by atoms with Crippen LogP contribution in [0.2, 0.25) is 0 Å². The molecule has 0 amide bonds. The second-order valence-electron chi connectivity index (χ2n) is 7.86. The lowest BCUT2D eigenvalue weighted by Crippen LogP contribution is -2.57. The zero-order valence-electron chi connectivity index (χ0n) is 14.1. The van der Waals surface area contributed by atoms with Crippen molar-refractivity contribution in [2.24, 2.45) is 5.92 Å². The summed E-state index contributed by atoms with van der Waals surface area (Å²) in [5.74, 6) is -0.395. The third-order valence-electron chi connectivity index (χ3n) is 5.57. The van der Waals surface area contributed by atoms with Gasteiger partial charge in [-0.1, -0.05) is 6.42 Å². The number of nitrogens with zero attached hydrogens (tertiary/aromatic N) is 1. The van der Waals surface area contributed by atoms with Crippen LogP contribution >= 0.6 is 0 Å². The number of likely N-dealkylation sites (tertiary alicyclic amines) is 1. The van der Waals surface area contributed by atoms with Crippen LogP contribution in [0.5, 0.6) is 0 Å². The topological polar surface area (TPSA) is 52.6 Å². The molecule has 0 aromatic carbocycles. The number of carboxylic acids is 1. The third kappa shape index (κ3) is 3.42. The van der Waals surface area contributed by atoms with Crippen molar-refractivity contribution in [1.82, 2.24) is 10.2 Å². The van der Waals surface area contributed by atoms with E-state index in [9.17, 15) is 9.90 Å². The first-order valence-corrected chi connectivity index (χ1v) is 8.54. The van der Waals surface area contributed by atoms with Crippen LogP contribution in [0.25, 0.3) is 0 Å². The predicted octanol–water partition coefficient (Wildman–Crippen LogP) is 2.87. The summed E-state index contributed by atoms with van der Waals surface area (Å²) in [6.45, 7) is 10.9. The lowest BCUT2D eigenvalue weighted by molar-refractivity contribution is -0.147. The van der Waals surface area contributed by atoms with Crippen LogP contribution in [0.1, 0.15) is 66.2 Å². The predicted molar refractivity (Wildman–Crippen MR) is 85.5 cm³/mol. The molecule has 2 atom stereocenters. The summed E-state index contributed by atoms with van der Waals surface area (Å²) in [6, 6.07) is 0.213. The highest BCUT2D eigenvalue weighted by molar-refractivity contribution is 5.79. The quantitative estimate of drug-likeness (QED) is 0.791. The molecule has 2 unspecified atom stereocenters. The Bertz CT molecular complexity index is 381. The van der Waals surface area contributed by atoms with E-state index in [1.165, 1.54) is 12.8 Å². The summed E-state index contributed by atoms with van der Waals surface area (Å²) < 4.78 is 0. The fourth-order valence-electron chi connectivity index (χ4n) is 4.41. The average molecular weight is 296 g/mol. The monoisotopic (exact) mass is 296 g/mol. The van der Waals surface area contributed by atoms with Gasteiger partial charge in [-0.25, -0.2) is 0 Å². The molecule has 2 N–H and O–H groups in total. The maximum atomic E-state index is 11.9. The van der Waals surface area contributed by atoms with Gasteiger partial charge in [0.25, 0.3) is 0 Å². The normalized spacial score (nSPS) is 32.9. The molecule has 0 spiro atoms. The number of carboxylic acid groups (broad SMARTS) is 1. The van der Waals surface area contributed by atoms with Crippen molar-refractivity contribution in [3.05, 3.63) is 0 Å². The Morgan fingerprint density at radius 1 is 1.33 bits per heavy atom. The van der Waals surface area contributed by atoms with Crippen LogP contribution in [0, 0.1) is 5.92 Å². The van der Waals surface area contributed by atoms with Gasteiger partial charge in [0.15, 0.2) is 0 Å². The summed E-state index contributed by atoms with van der Waals surface area (Å²) in [5, 5.41) is 13.2. The molecular formula is C17H32N2O2. The molecule has 2 fully saturated rings. The molecule has 21 heavy (non-hydrogen) atoms. The minimum Gasteiger partial charge on any atom is -0.480 e. The van der Waals surface area contributed by atoms with Gasteiger partial charge in [-0.15, -0.1) is 0 Å². The van der Waals surface area contributed by atoms with Crippen LogP contribution in [0.3, 0.4) is 0 Å². The fraction of sp³-hybridized carbons (Fsp3) is 0.941. The van der Waals surface area contributed by atoms with E-state index < -0.39 is 11.5 Å². The highest BCUT2D eigenvalue weighted by Gasteiger charge is 2.49. The molecule has 2 aliphatic rings. The molecule has 1 saturated carbocycles. The summed E-state index contributed by atoms with van der Waals surface area (Å²) >= 11 is 0. The summed E-state index contributed by atoms with van der Waals surface area (Å²) in [6.07, 6.45) is 6.36. The third-order valence-corrected chi connectivity index (χ3v) is 5.57.